The van der Waals surface area contributed by atoms with Gasteiger partial charge in [-0.15, -0.1) is 23.1 Å². The van der Waals surface area contributed by atoms with E-state index in [1.165, 1.54) is 69.9 Å². The summed E-state index contributed by atoms with van der Waals surface area (Å²) in [6.07, 6.45) is 13.2. The first-order chi connectivity index (χ1) is 24.9. The fourth-order valence-electron chi connectivity index (χ4n) is 7.06. The number of fused-ring (bicyclic) bond motifs is 1. The van der Waals surface area contributed by atoms with Crippen LogP contribution in [0.5, 0.6) is 0 Å². The van der Waals surface area contributed by atoms with Crippen molar-refractivity contribution in [3.05, 3.63) is 113 Å². The number of thiophene rings is 1. The predicted molar refractivity (Wildman–Crippen MR) is 215 cm³/mol. The van der Waals surface area contributed by atoms with Crippen LogP contribution < -0.4 is 0 Å². The van der Waals surface area contributed by atoms with Crippen molar-refractivity contribution in [3.63, 3.8) is 0 Å². The number of para-hydroxylation sites is 3. The van der Waals surface area contributed by atoms with E-state index in [1.807, 2.05) is 29.5 Å². The first kappa shape index (κ1) is 36.4. The first-order valence-corrected chi connectivity index (χ1v) is 20.1. The molecule has 3 heterocycles. The number of nitrogens with zero attached hydrogens (tertiary/aromatic N) is 3. The normalized spacial score (nSPS) is 16.2. The van der Waals surface area contributed by atoms with Crippen molar-refractivity contribution >= 4 is 45.0 Å². The summed E-state index contributed by atoms with van der Waals surface area (Å²) in [7, 11) is 0. The molecule has 0 radical (unpaired) electrons. The summed E-state index contributed by atoms with van der Waals surface area (Å²) >= 11 is 3.60. The van der Waals surface area contributed by atoms with Crippen LogP contribution in [0.25, 0.3) is 43.5 Å². The highest BCUT2D eigenvalue weighted by Gasteiger charge is 2.33. The number of benzene rings is 3. The van der Waals surface area contributed by atoms with E-state index in [-0.39, 0.29) is 16.7 Å². The number of thioether (sulfide) groups is 1. The highest BCUT2D eigenvalue weighted by molar-refractivity contribution is 8.09. The third-order valence-corrected chi connectivity index (χ3v) is 12.8. The standard InChI is InChI=1S/C44H47N3O2S2/c1-4-6-8-11-17-33-27-40(42-36(20-14-9-7-5-2)30(3)39(50-42)28-34(29-45)44(48)49)51-41(33)31-23-25-32(26-24-31)43-46-37-21-15-16-22-38(37)47(43)35-18-12-10-13-19-35/h10,12-13,15-16,18-19,21-28,30,39H,4-9,11,14,17,20H2,1-3H3,(H,48,49)/b34-28-/t30-,39?/m0/s1. The zero-order chi connectivity index (χ0) is 35.7. The van der Waals surface area contributed by atoms with E-state index in [4.69, 9.17) is 4.98 Å². The van der Waals surface area contributed by atoms with Crippen molar-refractivity contribution in [2.75, 3.05) is 0 Å². The molecule has 1 N–H and O–H groups in total. The number of carbonyl (C=O) groups is 1. The predicted octanol–water partition coefficient (Wildman–Crippen LogP) is 12.5. The van der Waals surface area contributed by atoms with Crippen molar-refractivity contribution in [1.29, 1.82) is 5.26 Å². The van der Waals surface area contributed by atoms with Crippen molar-refractivity contribution in [2.24, 2.45) is 5.92 Å². The average molecular weight is 714 g/mol. The fraction of sp³-hybridized carbons (Fsp3) is 0.341. The molecule has 2 atom stereocenters. The lowest BCUT2D eigenvalue weighted by Crippen LogP contribution is -2.11. The largest absolute Gasteiger partial charge is 0.477 e. The number of hydrogen-bond acceptors (Lipinski definition) is 5. The maximum Gasteiger partial charge on any atom is 0.346 e. The molecule has 3 aromatic carbocycles. The van der Waals surface area contributed by atoms with Crippen molar-refractivity contribution in [2.45, 2.75) is 90.2 Å². The van der Waals surface area contributed by atoms with Crippen LogP contribution in [0, 0.1) is 17.2 Å². The van der Waals surface area contributed by atoms with E-state index in [9.17, 15) is 15.2 Å². The smallest absolute Gasteiger partial charge is 0.346 e. The topological polar surface area (TPSA) is 78.9 Å². The number of imidazole rings is 1. The Morgan fingerprint density at radius 1 is 0.882 bits per heavy atom. The zero-order valence-corrected chi connectivity index (χ0v) is 31.5. The zero-order valence-electron chi connectivity index (χ0n) is 29.9. The molecule has 6 rings (SSSR count). The summed E-state index contributed by atoms with van der Waals surface area (Å²) in [5.74, 6) is -0.0677. The number of aryl methyl sites for hydroxylation is 1. The van der Waals surface area contributed by atoms with Crippen LogP contribution in [0.3, 0.4) is 0 Å². The first-order valence-electron chi connectivity index (χ1n) is 18.4. The van der Waals surface area contributed by atoms with Gasteiger partial charge in [0.15, 0.2) is 0 Å². The van der Waals surface area contributed by atoms with Gasteiger partial charge in [0.25, 0.3) is 0 Å². The summed E-state index contributed by atoms with van der Waals surface area (Å²) in [5, 5.41) is 19.1. The molecule has 0 saturated carbocycles. The molecule has 51 heavy (non-hydrogen) atoms. The molecular weight excluding hydrogens is 667 g/mol. The van der Waals surface area contributed by atoms with Crippen LogP contribution in [0.4, 0.5) is 0 Å². The average Bonchev–Trinajstić information content (AvgIpc) is 3.84. The lowest BCUT2D eigenvalue weighted by molar-refractivity contribution is -0.132. The van der Waals surface area contributed by atoms with Gasteiger partial charge >= 0.3 is 5.97 Å². The number of rotatable bonds is 16. The Hall–Kier alpha value is -4.38. The molecule has 262 valence electrons. The molecule has 1 aliphatic rings. The van der Waals surface area contributed by atoms with Crippen LogP contribution in [-0.2, 0) is 11.2 Å². The quantitative estimate of drug-likeness (QED) is 0.0625. The van der Waals surface area contributed by atoms with E-state index in [0.29, 0.717) is 0 Å². The van der Waals surface area contributed by atoms with Gasteiger partial charge in [0.2, 0.25) is 0 Å². The van der Waals surface area contributed by atoms with Crippen LogP contribution in [0.15, 0.2) is 102 Å². The van der Waals surface area contributed by atoms with Crippen molar-refractivity contribution in [3.8, 4) is 33.6 Å². The number of hydrogen-bond donors (Lipinski definition) is 1. The summed E-state index contributed by atoms with van der Waals surface area (Å²) < 4.78 is 2.24. The number of carboxylic acid groups (broad SMARTS) is 1. The van der Waals surface area contributed by atoms with Gasteiger partial charge in [-0.25, -0.2) is 9.78 Å². The Labute approximate surface area is 310 Å². The van der Waals surface area contributed by atoms with Gasteiger partial charge in [-0.2, -0.15) is 5.26 Å². The summed E-state index contributed by atoms with van der Waals surface area (Å²) in [4.78, 5) is 20.7. The Bertz CT molecular complexity index is 2060. The molecule has 2 aromatic heterocycles. The molecule has 0 fully saturated rings. The van der Waals surface area contributed by atoms with Crippen LogP contribution in [-0.4, -0.2) is 25.9 Å². The highest BCUT2D eigenvalue weighted by atomic mass is 32.2. The molecule has 7 heteroatoms. The number of nitriles is 1. The second-order valence-corrected chi connectivity index (χ2v) is 15.7. The Morgan fingerprint density at radius 3 is 2.24 bits per heavy atom. The summed E-state index contributed by atoms with van der Waals surface area (Å²) in [5.41, 5.74) is 8.03. The molecule has 0 bridgehead atoms. The maximum absolute atomic E-state index is 11.8. The molecule has 0 amide bonds. The van der Waals surface area contributed by atoms with E-state index in [0.717, 1.165) is 53.8 Å². The summed E-state index contributed by atoms with van der Waals surface area (Å²) in [6.45, 7) is 6.69. The minimum atomic E-state index is -1.15. The maximum atomic E-state index is 11.8. The molecular formula is C44H47N3O2S2. The van der Waals surface area contributed by atoms with Crippen LogP contribution in [0.2, 0.25) is 0 Å². The van der Waals surface area contributed by atoms with E-state index in [1.54, 1.807) is 17.8 Å². The second kappa shape index (κ2) is 17.2. The van der Waals surface area contributed by atoms with Crippen LogP contribution >= 0.6 is 23.1 Å². The van der Waals surface area contributed by atoms with Gasteiger partial charge in [-0.05, 0) is 79.1 Å². The van der Waals surface area contributed by atoms with E-state index >= 15 is 0 Å². The lowest BCUT2D eigenvalue weighted by Gasteiger charge is -2.14. The number of unbranched alkanes of at least 4 members (excludes halogenated alkanes) is 6. The summed E-state index contributed by atoms with van der Waals surface area (Å²) in [6, 6.07) is 31.9. The molecule has 1 aliphatic heterocycles. The third kappa shape index (κ3) is 8.24. The minimum Gasteiger partial charge on any atom is -0.477 e. The minimum absolute atomic E-state index is 0.0753. The Kier molecular flexibility index (Phi) is 12.3. The molecule has 0 saturated heterocycles. The fourth-order valence-corrected chi connectivity index (χ4v) is 9.98. The van der Waals surface area contributed by atoms with Gasteiger partial charge in [0.05, 0.1) is 11.0 Å². The molecule has 0 aliphatic carbocycles. The highest BCUT2D eigenvalue weighted by Crippen LogP contribution is 2.53. The third-order valence-electron chi connectivity index (χ3n) is 9.88. The van der Waals surface area contributed by atoms with Gasteiger partial charge in [-0.1, -0.05) is 119 Å². The number of allylic oxidation sites excluding steroid dienone is 1. The molecule has 5 aromatic rings. The van der Waals surface area contributed by atoms with Gasteiger partial charge in [0, 0.05) is 31.2 Å². The lowest BCUT2D eigenvalue weighted by atomic mass is 9.91. The van der Waals surface area contributed by atoms with Gasteiger partial charge < -0.3 is 5.11 Å². The Balaban J connectivity index is 1.38. The van der Waals surface area contributed by atoms with Crippen molar-refractivity contribution < 1.29 is 9.90 Å². The van der Waals surface area contributed by atoms with Gasteiger partial charge in [0.1, 0.15) is 17.5 Å². The molecule has 0 spiro atoms. The molecule has 5 nitrogen and oxygen atoms in total. The van der Waals surface area contributed by atoms with Crippen LogP contribution in [0.1, 0.15) is 89.0 Å². The number of aromatic nitrogens is 2. The SMILES string of the molecule is CCCCCCC1=C(c2cc(CCCCCC)c(-c3ccc(-c4nc5ccccc5n4-c4ccccc4)cc3)s2)SC(/C=C(/C#N)C(=O)O)[C@H]1C. The van der Waals surface area contributed by atoms with E-state index in [2.05, 4.69) is 98.1 Å². The van der Waals surface area contributed by atoms with Gasteiger partial charge in [-0.3, -0.25) is 4.57 Å². The monoisotopic (exact) mass is 713 g/mol. The molecule has 1 unspecified atom stereocenters. The second-order valence-electron chi connectivity index (χ2n) is 13.5. The number of aliphatic carboxylic acids is 1. The van der Waals surface area contributed by atoms with E-state index < -0.39 is 5.97 Å². The number of carboxylic acids is 1. The Morgan fingerprint density at radius 2 is 1.55 bits per heavy atom. The van der Waals surface area contributed by atoms with Crippen molar-refractivity contribution in [1.82, 2.24) is 9.55 Å².